The van der Waals surface area contributed by atoms with E-state index in [1.54, 1.807) is 0 Å². The van der Waals surface area contributed by atoms with Gasteiger partial charge < -0.3 is 5.32 Å². The first-order chi connectivity index (χ1) is 4.83. The number of rotatable bonds is 3. The van der Waals surface area contributed by atoms with E-state index in [2.05, 4.69) is 18.2 Å². The molecule has 0 aromatic rings. The third-order valence-electron chi connectivity index (χ3n) is 2.55. The Balaban J connectivity index is 2.28. The number of terminal acetylenes is 1. The number of hydrogen-bond acceptors (Lipinski definition) is 1. The highest BCUT2D eigenvalue weighted by molar-refractivity contribution is 4.99. The van der Waals surface area contributed by atoms with Gasteiger partial charge in [-0.2, -0.15) is 0 Å². The summed E-state index contributed by atoms with van der Waals surface area (Å²) in [6.07, 6.45) is 10.4. The summed E-state index contributed by atoms with van der Waals surface area (Å²) in [6.45, 7) is 2.95. The van der Waals surface area contributed by atoms with Crippen molar-refractivity contribution in [1.29, 1.82) is 0 Å². The lowest BCUT2D eigenvalue weighted by Crippen LogP contribution is -2.50. The molecule has 0 aromatic heterocycles. The quantitative estimate of drug-likeness (QED) is 0.582. The van der Waals surface area contributed by atoms with Crippen LogP contribution < -0.4 is 5.32 Å². The molecule has 10 heavy (non-hydrogen) atoms. The second-order valence-corrected chi connectivity index (χ2v) is 3.05. The van der Waals surface area contributed by atoms with Gasteiger partial charge in [0.1, 0.15) is 0 Å². The van der Waals surface area contributed by atoms with Gasteiger partial charge in [0.25, 0.3) is 0 Å². The van der Waals surface area contributed by atoms with E-state index < -0.39 is 0 Å². The Morgan fingerprint density at radius 2 is 2.30 bits per heavy atom. The fourth-order valence-electron chi connectivity index (χ4n) is 1.50. The third kappa shape index (κ3) is 1.33. The predicted octanol–water partition coefficient (Wildman–Crippen LogP) is 1.54. The zero-order valence-electron chi connectivity index (χ0n) is 6.61. The van der Waals surface area contributed by atoms with Gasteiger partial charge in [-0.05, 0) is 25.7 Å². The monoisotopic (exact) mass is 137 g/mol. The van der Waals surface area contributed by atoms with Gasteiger partial charge in [-0.1, -0.05) is 12.8 Å². The summed E-state index contributed by atoms with van der Waals surface area (Å²) in [7, 11) is 0. The molecular weight excluding hydrogens is 122 g/mol. The molecule has 0 saturated heterocycles. The SMILES string of the molecule is C#CCNC1(CC)CCC1. The molecule has 0 heterocycles. The second-order valence-electron chi connectivity index (χ2n) is 3.05. The Hall–Kier alpha value is -0.480. The van der Waals surface area contributed by atoms with Crippen LogP contribution in [0.5, 0.6) is 0 Å². The van der Waals surface area contributed by atoms with Crippen LogP contribution in [0.3, 0.4) is 0 Å². The van der Waals surface area contributed by atoms with Crippen molar-refractivity contribution in [2.75, 3.05) is 6.54 Å². The molecule has 0 radical (unpaired) electrons. The predicted molar refractivity (Wildman–Crippen MR) is 43.7 cm³/mol. The molecule has 1 rings (SSSR count). The zero-order chi connectivity index (χ0) is 7.45. The van der Waals surface area contributed by atoms with E-state index >= 15 is 0 Å². The Labute approximate surface area is 63.2 Å². The molecule has 0 aliphatic heterocycles. The maximum absolute atomic E-state index is 5.16. The van der Waals surface area contributed by atoms with E-state index in [0.717, 1.165) is 6.54 Å². The maximum Gasteiger partial charge on any atom is 0.0578 e. The molecule has 0 aromatic carbocycles. The molecule has 1 fully saturated rings. The van der Waals surface area contributed by atoms with Crippen molar-refractivity contribution in [2.45, 2.75) is 38.1 Å². The summed E-state index contributed by atoms with van der Waals surface area (Å²) < 4.78 is 0. The average Bonchev–Trinajstić information content (AvgIpc) is 1.87. The highest BCUT2D eigenvalue weighted by Gasteiger charge is 2.33. The third-order valence-corrected chi connectivity index (χ3v) is 2.55. The fraction of sp³-hybridized carbons (Fsp3) is 0.778. The largest absolute Gasteiger partial charge is 0.301 e. The van der Waals surface area contributed by atoms with Gasteiger partial charge in [0.15, 0.2) is 0 Å². The van der Waals surface area contributed by atoms with Crippen LogP contribution in [-0.2, 0) is 0 Å². The first-order valence-electron chi connectivity index (χ1n) is 4.01. The van der Waals surface area contributed by atoms with Gasteiger partial charge >= 0.3 is 0 Å². The molecule has 0 bridgehead atoms. The molecule has 0 atom stereocenters. The van der Waals surface area contributed by atoms with Crippen LogP contribution in [0, 0.1) is 12.3 Å². The smallest absolute Gasteiger partial charge is 0.0578 e. The summed E-state index contributed by atoms with van der Waals surface area (Å²) in [5, 5.41) is 3.40. The molecule has 1 N–H and O–H groups in total. The fourth-order valence-corrected chi connectivity index (χ4v) is 1.50. The van der Waals surface area contributed by atoms with Gasteiger partial charge in [-0.3, -0.25) is 0 Å². The molecule has 1 aliphatic rings. The lowest BCUT2D eigenvalue weighted by atomic mass is 9.75. The molecule has 0 unspecified atom stereocenters. The van der Waals surface area contributed by atoms with Crippen LogP contribution in [0.4, 0.5) is 0 Å². The molecule has 1 heteroatoms. The Morgan fingerprint density at radius 3 is 2.60 bits per heavy atom. The van der Waals surface area contributed by atoms with Gasteiger partial charge in [-0.25, -0.2) is 0 Å². The van der Waals surface area contributed by atoms with Gasteiger partial charge in [-0.15, -0.1) is 6.42 Å². The van der Waals surface area contributed by atoms with Crippen molar-refractivity contribution in [2.24, 2.45) is 0 Å². The molecular formula is C9H15N. The first kappa shape index (κ1) is 7.63. The second kappa shape index (κ2) is 3.07. The van der Waals surface area contributed by atoms with Gasteiger partial charge in [0, 0.05) is 5.54 Å². The first-order valence-corrected chi connectivity index (χ1v) is 4.01. The summed E-state index contributed by atoms with van der Waals surface area (Å²) in [5.74, 6) is 2.61. The number of hydrogen-bond donors (Lipinski definition) is 1. The molecule has 1 aliphatic carbocycles. The van der Waals surface area contributed by atoms with Crippen molar-refractivity contribution in [3.8, 4) is 12.3 Å². The van der Waals surface area contributed by atoms with Crippen LogP contribution in [0.15, 0.2) is 0 Å². The lowest BCUT2D eigenvalue weighted by molar-refractivity contribution is 0.185. The Morgan fingerprint density at radius 1 is 1.60 bits per heavy atom. The summed E-state index contributed by atoms with van der Waals surface area (Å²) in [5.41, 5.74) is 0.423. The summed E-state index contributed by atoms with van der Waals surface area (Å²) >= 11 is 0. The highest BCUT2D eigenvalue weighted by atomic mass is 15.0. The topological polar surface area (TPSA) is 12.0 Å². The standard InChI is InChI=1S/C9H15N/c1-3-8-10-9(4-2)6-5-7-9/h1,10H,4-8H2,2H3. The van der Waals surface area contributed by atoms with Crippen molar-refractivity contribution >= 4 is 0 Å². The van der Waals surface area contributed by atoms with Crippen LogP contribution in [0.2, 0.25) is 0 Å². The average molecular weight is 137 g/mol. The summed E-state index contributed by atoms with van der Waals surface area (Å²) in [6, 6.07) is 0. The summed E-state index contributed by atoms with van der Waals surface area (Å²) in [4.78, 5) is 0. The van der Waals surface area contributed by atoms with Gasteiger partial charge in [0.2, 0.25) is 0 Å². The molecule has 1 saturated carbocycles. The van der Waals surface area contributed by atoms with Gasteiger partial charge in [0.05, 0.1) is 6.54 Å². The minimum Gasteiger partial charge on any atom is -0.301 e. The molecule has 56 valence electrons. The van der Waals surface area contributed by atoms with Crippen molar-refractivity contribution < 1.29 is 0 Å². The van der Waals surface area contributed by atoms with Crippen LogP contribution >= 0.6 is 0 Å². The van der Waals surface area contributed by atoms with Crippen LogP contribution in [0.1, 0.15) is 32.6 Å². The van der Waals surface area contributed by atoms with E-state index in [9.17, 15) is 0 Å². The molecule has 0 amide bonds. The highest BCUT2D eigenvalue weighted by Crippen LogP contribution is 2.34. The normalized spacial score (nSPS) is 21.2. The van der Waals surface area contributed by atoms with Crippen molar-refractivity contribution in [3.63, 3.8) is 0 Å². The van der Waals surface area contributed by atoms with Crippen LogP contribution in [0.25, 0.3) is 0 Å². The maximum atomic E-state index is 5.16. The minimum atomic E-state index is 0.423. The van der Waals surface area contributed by atoms with Crippen LogP contribution in [-0.4, -0.2) is 12.1 Å². The Kier molecular flexibility index (Phi) is 2.34. The lowest BCUT2D eigenvalue weighted by Gasteiger charge is -2.41. The van der Waals surface area contributed by atoms with E-state index in [-0.39, 0.29) is 0 Å². The van der Waals surface area contributed by atoms with E-state index in [1.165, 1.54) is 25.7 Å². The molecule has 0 spiro atoms. The Bertz CT molecular complexity index is 134. The van der Waals surface area contributed by atoms with E-state index in [1.807, 2.05) is 0 Å². The number of nitrogens with one attached hydrogen (secondary N) is 1. The zero-order valence-corrected chi connectivity index (χ0v) is 6.61. The van der Waals surface area contributed by atoms with Crippen molar-refractivity contribution in [1.82, 2.24) is 5.32 Å². The van der Waals surface area contributed by atoms with E-state index in [4.69, 9.17) is 6.42 Å². The molecule has 1 nitrogen and oxygen atoms in total. The van der Waals surface area contributed by atoms with E-state index in [0.29, 0.717) is 5.54 Å². The minimum absolute atomic E-state index is 0.423. The van der Waals surface area contributed by atoms with Crippen molar-refractivity contribution in [3.05, 3.63) is 0 Å².